The molecule has 1 N–H and O–H groups in total. The second-order valence-electron chi connectivity index (χ2n) is 3.50. The van der Waals surface area contributed by atoms with E-state index in [1.807, 2.05) is 6.07 Å². The summed E-state index contributed by atoms with van der Waals surface area (Å²) in [4.78, 5) is 0. The highest BCUT2D eigenvalue weighted by molar-refractivity contribution is 5.17. The Morgan fingerprint density at radius 2 is 2.43 bits per heavy atom. The zero-order valence-corrected chi connectivity index (χ0v) is 8.00. The number of rotatable bonds is 2. The van der Waals surface area contributed by atoms with Crippen LogP contribution in [-0.4, -0.2) is 19.4 Å². The number of nitrogens with one attached hydrogen (secondary N) is 1. The van der Waals surface area contributed by atoms with Crippen molar-refractivity contribution in [3.63, 3.8) is 0 Å². The second-order valence-corrected chi connectivity index (χ2v) is 3.50. The van der Waals surface area contributed by atoms with Crippen LogP contribution in [0.3, 0.4) is 0 Å². The van der Waals surface area contributed by atoms with E-state index in [9.17, 15) is 4.39 Å². The summed E-state index contributed by atoms with van der Waals surface area (Å²) in [5, 5.41) is 3.24. The van der Waals surface area contributed by atoms with E-state index in [0.29, 0.717) is 0 Å². The Labute approximate surface area is 83.1 Å². The highest BCUT2D eigenvalue weighted by atomic mass is 19.1. The molecule has 1 aliphatic heterocycles. The fourth-order valence-corrected chi connectivity index (χ4v) is 1.63. The van der Waals surface area contributed by atoms with Crippen molar-refractivity contribution in [2.75, 3.05) is 13.2 Å². The second kappa shape index (κ2) is 4.53. The Morgan fingerprint density at radius 3 is 3.14 bits per heavy atom. The Balaban J connectivity index is 1.95. The van der Waals surface area contributed by atoms with Gasteiger partial charge in [-0.2, -0.15) is 0 Å². The van der Waals surface area contributed by atoms with E-state index in [0.717, 1.165) is 31.6 Å². The molecule has 1 aromatic rings. The van der Waals surface area contributed by atoms with Crippen LogP contribution in [0.4, 0.5) is 4.39 Å². The first-order valence-corrected chi connectivity index (χ1v) is 4.94. The van der Waals surface area contributed by atoms with Gasteiger partial charge in [0.15, 0.2) is 0 Å². The molecule has 1 unspecified atom stereocenters. The van der Waals surface area contributed by atoms with E-state index < -0.39 is 0 Å². The van der Waals surface area contributed by atoms with Crippen LogP contribution < -0.4 is 5.32 Å². The third-order valence-electron chi connectivity index (χ3n) is 2.32. The van der Waals surface area contributed by atoms with Gasteiger partial charge in [-0.3, -0.25) is 5.32 Å². The Kier molecular flexibility index (Phi) is 3.11. The molecule has 1 fully saturated rings. The van der Waals surface area contributed by atoms with Crippen molar-refractivity contribution in [3.8, 4) is 0 Å². The van der Waals surface area contributed by atoms with Gasteiger partial charge in [0, 0.05) is 13.0 Å². The summed E-state index contributed by atoms with van der Waals surface area (Å²) < 4.78 is 18.3. The number of ether oxygens (including phenoxy) is 1. The first-order valence-electron chi connectivity index (χ1n) is 4.94. The van der Waals surface area contributed by atoms with Crippen LogP contribution in [0.2, 0.25) is 0 Å². The molecule has 3 heteroatoms. The van der Waals surface area contributed by atoms with E-state index in [1.54, 1.807) is 12.1 Å². The highest BCUT2D eigenvalue weighted by Crippen LogP contribution is 2.09. The fraction of sp³-hybridized carbons (Fsp3) is 0.455. The summed E-state index contributed by atoms with van der Waals surface area (Å²) in [5.74, 6) is -0.182. The molecule has 1 heterocycles. The molecule has 1 aliphatic rings. The van der Waals surface area contributed by atoms with Crippen molar-refractivity contribution >= 4 is 0 Å². The molecule has 0 bridgehead atoms. The molecular formula is C11H14FNO. The molecule has 0 saturated carbocycles. The summed E-state index contributed by atoms with van der Waals surface area (Å²) in [6.07, 6.45) is 1.84. The van der Waals surface area contributed by atoms with Crippen molar-refractivity contribution < 1.29 is 9.13 Å². The van der Waals surface area contributed by atoms with Crippen molar-refractivity contribution in [2.45, 2.75) is 19.1 Å². The Bertz CT molecular complexity index is 297. The quantitative estimate of drug-likeness (QED) is 0.775. The van der Waals surface area contributed by atoms with Crippen LogP contribution in [-0.2, 0) is 11.2 Å². The normalized spacial score (nSPS) is 22.2. The highest BCUT2D eigenvalue weighted by Gasteiger charge is 2.13. The van der Waals surface area contributed by atoms with Crippen LogP contribution in [0, 0.1) is 5.82 Å². The molecule has 1 saturated heterocycles. The van der Waals surface area contributed by atoms with Gasteiger partial charge in [0.25, 0.3) is 0 Å². The van der Waals surface area contributed by atoms with Gasteiger partial charge in [-0.25, -0.2) is 4.39 Å². The minimum absolute atomic E-state index is 0.0468. The van der Waals surface area contributed by atoms with Crippen LogP contribution >= 0.6 is 0 Å². The standard InChI is InChI=1S/C11H14FNO/c12-10-4-1-3-9(7-10)8-11-13-5-2-6-14-11/h1,3-4,7,11,13H,2,5-6,8H2. The molecule has 14 heavy (non-hydrogen) atoms. The molecule has 0 amide bonds. The summed E-state index contributed by atoms with van der Waals surface area (Å²) in [6.45, 7) is 1.78. The molecule has 76 valence electrons. The molecule has 2 rings (SSSR count). The lowest BCUT2D eigenvalue weighted by Gasteiger charge is -2.24. The number of halogens is 1. The van der Waals surface area contributed by atoms with Crippen LogP contribution in [0.25, 0.3) is 0 Å². The van der Waals surface area contributed by atoms with Gasteiger partial charge in [-0.15, -0.1) is 0 Å². The van der Waals surface area contributed by atoms with E-state index in [4.69, 9.17) is 4.74 Å². The van der Waals surface area contributed by atoms with Crippen LogP contribution in [0.5, 0.6) is 0 Å². The first kappa shape index (κ1) is 9.62. The maximum Gasteiger partial charge on any atom is 0.123 e. The monoisotopic (exact) mass is 195 g/mol. The van der Waals surface area contributed by atoms with E-state index in [2.05, 4.69) is 5.32 Å². The van der Waals surface area contributed by atoms with E-state index >= 15 is 0 Å². The average molecular weight is 195 g/mol. The van der Waals surface area contributed by atoms with Crippen molar-refractivity contribution in [3.05, 3.63) is 35.6 Å². The largest absolute Gasteiger partial charge is 0.363 e. The zero-order valence-electron chi connectivity index (χ0n) is 8.00. The van der Waals surface area contributed by atoms with Gasteiger partial charge in [-0.1, -0.05) is 12.1 Å². The zero-order chi connectivity index (χ0) is 9.80. The van der Waals surface area contributed by atoms with E-state index in [1.165, 1.54) is 6.07 Å². The molecule has 2 nitrogen and oxygen atoms in total. The SMILES string of the molecule is Fc1cccc(CC2NCCCO2)c1. The average Bonchev–Trinajstić information content (AvgIpc) is 2.19. The number of hydrogen-bond donors (Lipinski definition) is 1. The maximum atomic E-state index is 12.9. The molecule has 0 radical (unpaired) electrons. The van der Waals surface area contributed by atoms with Crippen molar-refractivity contribution in [1.82, 2.24) is 5.32 Å². The van der Waals surface area contributed by atoms with Gasteiger partial charge in [-0.05, 0) is 30.7 Å². The van der Waals surface area contributed by atoms with E-state index in [-0.39, 0.29) is 12.0 Å². The molecule has 0 aliphatic carbocycles. The van der Waals surface area contributed by atoms with Gasteiger partial charge in [0.1, 0.15) is 12.0 Å². The third kappa shape index (κ3) is 2.53. The molecular weight excluding hydrogens is 181 g/mol. The molecule has 1 atom stereocenters. The Morgan fingerprint density at radius 1 is 1.50 bits per heavy atom. The summed E-state index contributed by atoms with van der Waals surface area (Å²) in [5.41, 5.74) is 0.976. The van der Waals surface area contributed by atoms with Crippen molar-refractivity contribution in [2.24, 2.45) is 0 Å². The molecule has 0 spiro atoms. The van der Waals surface area contributed by atoms with Gasteiger partial charge < -0.3 is 4.74 Å². The lowest BCUT2D eigenvalue weighted by atomic mass is 10.1. The number of benzene rings is 1. The predicted octanol–water partition coefficient (Wildman–Crippen LogP) is 1.70. The first-order chi connectivity index (χ1) is 6.84. The summed E-state index contributed by atoms with van der Waals surface area (Å²) in [6, 6.07) is 6.66. The molecule has 1 aromatic carbocycles. The fourth-order valence-electron chi connectivity index (χ4n) is 1.63. The van der Waals surface area contributed by atoms with Gasteiger partial charge in [0.2, 0.25) is 0 Å². The van der Waals surface area contributed by atoms with Crippen LogP contribution in [0.1, 0.15) is 12.0 Å². The number of hydrogen-bond acceptors (Lipinski definition) is 2. The Hall–Kier alpha value is -0.930. The predicted molar refractivity (Wildman–Crippen MR) is 52.5 cm³/mol. The van der Waals surface area contributed by atoms with Crippen molar-refractivity contribution in [1.29, 1.82) is 0 Å². The smallest absolute Gasteiger partial charge is 0.123 e. The van der Waals surface area contributed by atoms with Gasteiger partial charge >= 0.3 is 0 Å². The summed E-state index contributed by atoms with van der Waals surface area (Å²) >= 11 is 0. The minimum atomic E-state index is -0.182. The topological polar surface area (TPSA) is 21.3 Å². The minimum Gasteiger partial charge on any atom is -0.363 e. The van der Waals surface area contributed by atoms with Gasteiger partial charge in [0.05, 0.1) is 0 Å². The lowest BCUT2D eigenvalue weighted by Crippen LogP contribution is -2.39. The lowest BCUT2D eigenvalue weighted by molar-refractivity contribution is 0.00192. The maximum absolute atomic E-state index is 12.9. The van der Waals surface area contributed by atoms with Crippen LogP contribution in [0.15, 0.2) is 24.3 Å². The molecule has 0 aromatic heterocycles. The third-order valence-corrected chi connectivity index (χ3v) is 2.32. The summed E-state index contributed by atoms with van der Waals surface area (Å²) in [7, 11) is 0.